The molecule has 1 aromatic rings. The van der Waals surface area contributed by atoms with Crippen molar-refractivity contribution in [2.45, 2.75) is 46.5 Å². The number of para-hydroxylation sites is 1. The van der Waals surface area contributed by atoms with Crippen molar-refractivity contribution in [2.24, 2.45) is 11.1 Å². The third kappa shape index (κ3) is 4.09. The normalized spacial score (nSPS) is 19.6. The highest BCUT2D eigenvalue weighted by Gasteiger charge is 2.38. The Morgan fingerprint density at radius 1 is 1.24 bits per heavy atom. The van der Waals surface area contributed by atoms with Gasteiger partial charge in [0, 0.05) is 12.1 Å². The van der Waals surface area contributed by atoms with Crippen LogP contribution < -0.4 is 0 Å². The molecule has 134 valence electrons. The first-order valence-corrected chi connectivity index (χ1v) is 9.28. The van der Waals surface area contributed by atoms with Gasteiger partial charge in [0.15, 0.2) is 5.71 Å². The molecular weight excluding hydrogens is 308 g/mol. The molecular formula is C22H31N2O+. The summed E-state index contributed by atoms with van der Waals surface area (Å²) in [5.74, 6) is 0.137. The maximum Gasteiger partial charge on any atom is 0.214 e. The molecule has 0 N–H and O–H groups in total. The summed E-state index contributed by atoms with van der Waals surface area (Å²) in [4.78, 5) is 5.26. The van der Waals surface area contributed by atoms with E-state index in [4.69, 9.17) is 4.84 Å². The van der Waals surface area contributed by atoms with Crippen molar-refractivity contribution in [1.82, 2.24) is 0 Å². The second kappa shape index (κ2) is 9.36. The number of allylic oxidation sites excluding steroid dienone is 4. The Morgan fingerprint density at radius 2 is 2.00 bits per heavy atom. The number of benzene rings is 1. The van der Waals surface area contributed by atoms with E-state index in [9.17, 15) is 0 Å². The summed E-state index contributed by atoms with van der Waals surface area (Å²) in [7, 11) is 3.77. The number of hydrogen-bond donors (Lipinski definition) is 0. The Labute approximate surface area is 152 Å². The minimum Gasteiger partial charge on any atom is -0.399 e. The van der Waals surface area contributed by atoms with Crippen LogP contribution in [0.5, 0.6) is 0 Å². The number of unbranched alkanes of at least 4 members (excludes halogenated alkanes) is 2. The van der Waals surface area contributed by atoms with Crippen molar-refractivity contribution < 1.29 is 9.41 Å². The summed E-state index contributed by atoms with van der Waals surface area (Å²) in [5, 5.41) is 4.46. The predicted octanol–water partition coefficient (Wildman–Crippen LogP) is 5.48. The molecule has 1 aromatic carbocycles. The van der Waals surface area contributed by atoms with Crippen molar-refractivity contribution in [3.63, 3.8) is 0 Å². The lowest BCUT2D eigenvalue weighted by Gasteiger charge is -2.26. The van der Waals surface area contributed by atoms with Gasteiger partial charge in [-0.15, -0.1) is 0 Å². The van der Waals surface area contributed by atoms with E-state index in [2.05, 4.69) is 80.0 Å². The fraction of sp³-hybridized carbons (Fsp3) is 0.455. The number of oxime groups is 1. The topological polar surface area (TPSA) is 24.6 Å². The van der Waals surface area contributed by atoms with Gasteiger partial charge >= 0.3 is 0 Å². The standard InChI is InChI=1S/C22H31N2O/c1-6-9-10-14-17(8-3)21-20(13-7-2)24(4)19-16-12-11-15-18(19)22(21)23-25-5/h7-8,11-13,15-16,21H,6,9-10,14H2,1-5H3/q+1. The van der Waals surface area contributed by atoms with Crippen molar-refractivity contribution in [3.8, 4) is 0 Å². The molecule has 3 nitrogen and oxygen atoms in total. The average Bonchev–Trinajstić information content (AvgIpc) is 2.64. The van der Waals surface area contributed by atoms with Crippen LogP contribution in [0.3, 0.4) is 0 Å². The van der Waals surface area contributed by atoms with Gasteiger partial charge in [-0.05, 0) is 32.8 Å². The highest BCUT2D eigenvalue weighted by Crippen LogP contribution is 2.34. The SMILES string of the molecule is CC=CC1=[N+](C)c2ccccc2C(=NOC)C1C(=CC)CCCCC. The Hall–Kier alpha value is -2.16. The van der Waals surface area contributed by atoms with Crippen molar-refractivity contribution in [2.75, 3.05) is 14.2 Å². The van der Waals surface area contributed by atoms with E-state index in [1.165, 1.54) is 36.2 Å². The first kappa shape index (κ1) is 19.2. The van der Waals surface area contributed by atoms with Gasteiger partial charge in [-0.3, -0.25) is 0 Å². The molecule has 0 amide bonds. The van der Waals surface area contributed by atoms with E-state index < -0.39 is 0 Å². The number of rotatable bonds is 7. The molecule has 3 heteroatoms. The second-order valence-corrected chi connectivity index (χ2v) is 6.41. The van der Waals surface area contributed by atoms with Gasteiger partial charge in [0.1, 0.15) is 25.8 Å². The highest BCUT2D eigenvalue weighted by molar-refractivity contribution is 6.22. The van der Waals surface area contributed by atoms with Gasteiger partial charge in [-0.1, -0.05) is 54.8 Å². The zero-order valence-corrected chi connectivity index (χ0v) is 16.2. The maximum atomic E-state index is 5.26. The Balaban J connectivity index is 2.61. The quantitative estimate of drug-likeness (QED) is 0.279. The van der Waals surface area contributed by atoms with E-state index in [1.54, 1.807) is 7.11 Å². The second-order valence-electron chi connectivity index (χ2n) is 6.41. The molecule has 1 atom stereocenters. The van der Waals surface area contributed by atoms with Crippen LogP contribution in [0, 0.1) is 5.92 Å². The molecule has 1 aliphatic rings. The van der Waals surface area contributed by atoms with Crippen LogP contribution in [0.15, 0.2) is 53.2 Å². The molecule has 2 rings (SSSR count). The molecule has 0 radical (unpaired) electrons. The fourth-order valence-electron chi connectivity index (χ4n) is 3.59. The minimum absolute atomic E-state index is 0.137. The molecule has 0 fully saturated rings. The van der Waals surface area contributed by atoms with Crippen LogP contribution in [0.4, 0.5) is 5.69 Å². The molecule has 0 bridgehead atoms. The lowest BCUT2D eigenvalue weighted by atomic mass is 9.80. The molecule has 0 saturated carbocycles. The van der Waals surface area contributed by atoms with Crippen LogP contribution in [0.1, 0.15) is 52.0 Å². The van der Waals surface area contributed by atoms with E-state index in [0.29, 0.717) is 0 Å². The summed E-state index contributed by atoms with van der Waals surface area (Å²) in [6.45, 7) is 6.45. The molecule has 1 heterocycles. The number of hydrogen-bond acceptors (Lipinski definition) is 2. The molecule has 0 aromatic heterocycles. The van der Waals surface area contributed by atoms with Gasteiger partial charge in [0.05, 0.1) is 5.56 Å². The molecule has 0 aliphatic carbocycles. The maximum absolute atomic E-state index is 5.26. The van der Waals surface area contributed by atoms with Crippen LogP contribution in [0.25, 0.3) is 0 Å². The first-order valence-electron chi connectivity index (χ1n) is 9.28. The predicted molar refractivity (Wildman–Crippen MR) is 107 cm³/mol. The lowest BCUT2D eigenvalue weighted by molar-refractivity contribution is -0.407. The zero-order chi connectivity index (χ0) is 18.2. The molecule has 0 spiro atoms. The first-order chi connectivity index (χ1) is 12.2. The van der Waals surface area contributed by atoms with Gasteiger partial charge < -0.3 is 4.84 Å². The number of nitrogens with zero attached hydrogens (tertiary/aromatic N) is 2. The highest BCUT2D eigenvalue weighted by atomic mass is 16.6. The Kier molecular flexibility index (Phi) is 7.17. The largest absolute Gasteiger partial charge is 0.399 e. The third-order valence-corrected chi connectivity index (χ3v) is 4.84. The van der Waals surface area contributed by atoms with Crippen molar-refractivity contribution in [1.29, 1.82) is 0 Å². The van der Waals surface area contributed by atoms with Gasteiger partial charge in [0.2, 0.25) is 5.69 Å². The van der Waals surface area contributed by atoms with E-state index in [0.717, 1.165) is 17.7 Å². The average molecular weight is 340 g/mol. The summed E-state index contributed by atoms with van der Waals surface area (Å²) in [6, 6.07) is 8.43. The van der Waals surface area contributed by atoms with Crippen LogP contribution in [0.2, 0.25) is 0 Å². The summed E-state index contributed by atoms with van der Waals surface area (Å²) in [6.07, 6.45) is 11.4. The summed E-state index contributed by atoms with van der Waals surface area (Å²) in [5.41, 5.74) is 6.00. The molecule has 0 saturated heterocycles. The van der Waals surface area contributed by atoms with E-state index in [-0.39, 0.29) is 5.92 Å². The lowest BCUT2D eigenvalue weighted by Crippen LogP contribution is -2.35. The van der Waals surface area contributed by atoms with Crippen LogP contribution in [-0.4, -0.2) is 30.2 Å². The van der Waals surface area contributed by atoms with E-state index in [1.807, 2.05) is 0 Å². The Bertz CT molecular complexity index is 710. The Morgan fingerprint density at radius 3 is 2.64 bits per heavy atom. The van der Waals surface area contributed by atoms with Gasteiger partial charge in [-0.2, -0.15) is 4.58 Å². The van der Waals surface area contributed by atoms with Crippen molar-refractivity contribution in [3.05, 3.63) is 53.6 Å². The zero-order valence-electron chi connectivity index (χ0n) is 16.2. The summed E-state index contributed by atoms with van der Waals surface area (Å²) >= 11 is 0. The molecule has 1 aliphatic heterocycles. The van der Waals surface area contributed by atoms with Gasteiger partial charge in [0.25, 0.3) is 0 Å². The fourth-order valence-corrected chi connectivity index (χ4v) is 3.59. The van der Waals surface area contributed by atoms with Gasteiger partial charge in [-0.25, -0.2) is 0 Å². The van der Waals surface area contributed by atoms with Crippen molar-refractivity contribution >= 4 is 17.1 Å². The minimum atomic E-state index is 0.137. The third-order valence-electron chi connectivity index (χ3n) is 4.84. The summed E-state index contributed by atoms with van der Waals surface area (Å²) < 4.78 is 2.29. The smallest absolute Gasteiger partial charge is 0.214 e. The molecule has 25 heavy (non-hydrogen) atoms. The monoisotopic (exact) mass is 339 g/mol. The number of fused-ring (bicyclic) bond motifs is 1. The van der Waals surface area contributed by atoms with Crippen LogP contribution in [-0.2, 0) is 4.84 Å². The van der Waals surface area contributed by atoms with E-state index >= 15 is 0 Å². The van der Waals surface area contributed by atoms with Crippen LogP contribution >= 0.6 is 0 Å². The molecule has 1 unspecified atom stereocenters.